The third-order valence-electron chi connectivity index (χ3n) is 7.62. The predicted octanol–water partition coefficient (Wildman–Crippen LogP) is 5.31. The number of nitrogens with one attached hydrogen (secondary N) is 3. The summed E-state index contributed by atoms with van der Waals surface area (Å²) in [5.74, 6) is 1.22. The van der Waals surface area contributed by atoms with Gasteiger partial charge >= 0.3 is 6.18 Å². The van der Waals surface area contributed by atoms with E-state index in [1.807, 2.05) is 26.1 Å². The fraction of sp³-hybridized carbons (Fsp3) is 0.333. The van der Waals surface area contributed by atoms with Crippen LogP contribution in [0, 0.1) is 6.92 Å². The van der Waals surface area contributed by atoms with Gasteiger partial charge < -0.3 is 25.8 Å². The van der Waals surface area contributed by atoms with E-state index in [1.54, 1.807) is 34.0 Å². The van der Waals surface area contributed by atoms with Crippen LogP contribution < -0.4 is 20.9 Å². The smallest absolute Gasteiger partial charge is 0.368 e. The van der Waals surface area contributed by atoms with Gasteiger partial charge in [-0.2, -0.15) is 13.2 Å². The summed E-state index contributed by atoms with van der Waals surface area (Å²) in [6.45, 7) is 4.20. The summed E-state index contributed by atoms with van der Waals surface area (Å²) in [5, 5.41) is 9.38. The van der Waals surface area contributed by atoms with Gasteiger partial charge in [-0.1, -0.05) is 6.07 Å². The molecule has 43 heavy (non-hydrogen) atoms. The van der Waals surface area contributed by atoms with Gasteiger partial charge in [0.1, 0.15) is 18.0 Å². The van der Waals surface area contributed by atoms with Crippen LogP contribution in [0.15, 0.2) is 61.2 Å². The maximum Gasteiger partial charge on any atom is 0.418 e. The van der Waals surface area contributed by atoms with Crippen molar-refractivity contribution in [2.45, 2.75) is 32.0 Å². The maximum atomic E-state index is 14.1. The van der Waals surface area contributed by atoms with Crippen molar-refractivity contribution < 1.29 is 18.0 Å². The summed E-state index contributed by atoms with van der Waals surface area (Å²) in [6, 6.07) is 11.3. The number of aromatic nitrogens is 4. The number of likely N-dealkylation sites (N-methyl/N-ethyl adjacent to an activating group) is 1. The summed E-state index contributed by atoms with van der Waals surface area (Å²) in [7, 11) is 1.94. The molecule has 0 unspecified atom stereocenters. The molecule has 2 aliphatic rings. The van der Waals surface area contributed by atoms with Crippen molar-refractivity contribution in [1.29, 1.82) is 0 Å². The number of amides is 1. The molecule has 1 saturated carbocycles. The summed E-state index contributed by atoms with van der Waals surface area (Å²) < 4.78 is 44.0. The zero-order chi connectivity index (χ0) is 30.1. The van der Waals surface area contributed by atoms with E-state index < -0.39 is 17.6 Å². The summed E-state index contributed by atoms with van der Waals surface area (Å²) in [6.07, 6.45) is 2.55. The van der Waals surface area contributed by atoms with Crippen molar-refractivity contribution in [3.63, 3.8) is 0 Å². The first-order valence-electron chi connectivity index (χ1n) is 14.1. The first-order chi connectivity index (χ1) is 20.6. The molecule has 2 fully saturated rings. The van der Waals surface area contributed by atoms with Crippen LogP contribution in [0.5, 0.6) is 0 Å². The lowest BCUT2D eigenvalue weighted by Gasteiger charge is -2.35. The topological polar surface area (TPSA) is 103 Å². The second kappa shape index (κ2) is 11.6. The molecule has 0 radical (unpaired) electrons. The monoisotopic (exact) mass is 591 g/mol. The Labute approximate surface area is 247 Å². The molecule has 1 saturated heterocycles. The molecule has 13 heteroatoms. The third-order valence-corrected chi connectivity index (χ3v) is 7.62. The van der Waals surface area contributed by atoms with Gasteiger partial charge in [0.25, 0.3) is 5.91 Å². The van der Waals surface area contributed by atoms with Crippen LogP contribution in [-0.2, 0) is 6.18 Å². The van der Waals surface area contributed by atoms with Crippen LogP contribution in [0.25, 0.3) is 5.82 Å². The Morgan fingerprint density at radius 2 is 1.77 bits per heavy atom. The number of nitrogens with zero attached hydrogens (tertiary/aromatic N) is 6. The lowest BCUT2D eigenvalue weighted by atomic mass is 10.1. The van der Waals surface area contributed by atoms with Crippen molar-refractivity contribution in [2.75, 3.05) is 54.1 Å². The number of carbonyl (C=O) groups is 1. The number of alkyl halides is 3. The Bertz CT molecular complexity index is 1630. The fourth-order valence-electron chi connectivity index (χ4n) is 4.96. The van der Waals surface area contributed by atoms with E-state index in [9.17, 15) is 18.0 Å². The minimum Gasteiger partial charge on any atom is -0.368 e. The van der Waals surface area contributed by atoms with E-state index in [0.717, 1.165) is 30.3 Å². The number of piperazine rings is 1. The van der Waals surface area contributed by atoms with Gasteiger partial charge in [-0.05, 0) is 62.7 Å². The fourth-order valence-corrected chi connectivity index (χ4v) is 4.96. The quantitative estimate of drug-likeness (QED) is 0.253. The van der Waals surface area contributed by atoms with Crippen LogP contribution in [0.2, 0.25) is 0 Å². The zero-order valence-electron chi connectivity index (χ0n) is 23.8. The Balaban J connectivity index is 1.20. The summed E-state index contributed by atoms with van der Waals surface area (Å²) in [5.41, 5.74) is 1.16. The number of benzene rings is 2. The average molecular weight is 592 g/mol. The molecule has 4 aromatic rings. The molecule has 1 aliphatic carbocycles. The molecule has 1 aliphatic heterocycles. The van der Waals surface area contributed by atoms with Gasteiger partial charge in [0.05, 0.1) is 5.56 Å². The number of aryl methyl sites for hydroxylation is 1. The summed E-state index contributed by atoms with van der Waals surface area (Å²) >= 11 is 0. The van der Waals surface area contributed by atoms with Crippen LogP contribution in [0.1, 0.15) is 34.3 Å². The van der Waals surface area contributed by atoms with Gasteiger partial charge in [-0.25, -0.2) is 15.0 Å². The largest absolute Gasteiger partial charge is 0.418 e. The van der Waals surface area contributed by atoms with E-state index in [-0.39, 0.29) is 11.3 Å². The van der Waals surface area contributed by atoms with Crippen LogP contribution in [0.4, 0.5) is 42.0 Å². The molecule has 3 N–H and O–H groups in total. The van der Waals surface area contributed by atoms with E-state index >= 15 is 0 Å². The minimum absolute atomic E-state index is 0.0739. The lowest BCUT2D eigenvalue weighted by molar-refractivity contribution is -0.137. The number of anilines is 5. The van der Waals surface area contributed by atoms with Crippen LogP contribution >= 0.6 is 0 Å². The van der Waals surface area contributed by atoms with Crippen molar-refractivity contribution >= 4 is 34.7 Å². The van der Waals surface area contributed by atoms with Gasteiger partial charge in [0.15, 0.2) is 0 Å². The van der Waals surface area contributed by atoms with Crippen LogP contribution in [0.3, 0.4) is 0 Å². The first kappa shape index (κ1) is 28.5. The number of rotatable bonds is 8. The molecule has 224 valence electrons. The van der Waals surface area contributed by atoms with Crippen molar-refractivity contribution in [2.24, 2.45) is 0 Å². The maximum absolute atomic E-state index is 14.1. The standard InChI is InChI=1S/C30H32F3N9O/c1-19-3-5-22(16-24(19)39-29-34-9-10-42(29)27-17-26(35-18-36-27)37-21-6-7-21)38-28(43)20-4-8-25(23(15-20)30(31,32)33)41-13-11-40(2)12-14-41/h3-5,8-10,15-18,21H,6-7,11-14H2,1-2H3,(H,34,39)(H,38,43)(H,35,36,37). The Morgan fingerprint density at radius 3 is 2.51 bits per heavy atom. The van der Waals surface area contributed by atoms with E-state index in [4.69, 9.17) is 0 Å². The van der Waals surface area contributed by atoms with E-state index in [1.165, 1.54) is 18.5 Å². The van der Waals surface area contributed by atoms with Crippen molar-refractivity contribution in [3.8, 4) is 5.82 Å². The molecule has 1 amide bonds. The molecule has 0 bridgehead atoms. The van der Waals surface area contributed by atoms with Crippen LogP contribution in [-0.4, -0.2) is 69.6 Å². The van der Waals surface area contributed by atoms with E-state index in [2.05, 4.69) is 35.8 Å². The number of hydrogen-bond donors (Lipinski definition) is 3. The number of hydrogen-bond acceptors (Lipinski definition) is 8. The first-order valence-corrected chi connectivity index (χ1v) is 14.1. The highest BCUT2D eigenvalue weighted by atomic mass is 19.4. The van der Waals surface area contributed by atoms with Crippen molar-refractivity contribution in [3.05, 3.63) is 77.9 Å². The predicted molar refractivity (Wildman–Crippen MR) is 159 cm³/mol. The second-order valence-corrected chi connectivity index (χ2v) is 10.9. The highest BCUT2D eigenvalue weighted by Gasteiger charge is 2.36. The van der Waals surface area contributed by atoms with Gasteiger partial charge in [0.2, 0.25) is 5.95 Å². The van der Waals surface area contributed by atoms with Gasteiger partial charge in [-0.3, -0.25) is 9.36 Å². The molecule has 2 aromatic carbocycles. The third kappa shape index (κ3) is 6.56. The Kier molecular flexibility index (Phi) is 7.65. The lowest BCUT2D eigenvalue weighted by Crippen LogP contribution is -2.45. The average Bonchev–Trinajstić information content (AvgIpc) is 3.68. The summed E-state index contributed by atoms with van der Waals surface area (Å²) in [4.78, 5) is 30.0. The van der Waals surface area contributed by atoms with Crippen molar-refractivity contribution in [1.82, 2.24) is 24.4 Å². The van der Waals surface area contributed by atoms with E-state index in [0.29, 0.717) is 55.4 Å². The second-order valence-electron chi connectivity index (χ2n) is 10.9. The van der Waals surface area contributed by atoms with Gasteiger partial charge in [-0.15, -0.1) is 0 Å². The SMILES string of the molecule is Cc1ccc(NC(=O)c2ccc(N3CCN(C)CC3)c(C(F)(F)F)c2)cc1Nc1nccn1-c1cc(NC2CC2)ncn1. The number of halogens is 3. The molecular weight excluding hydrogens is 559 g/mol. The molecule has 3 heterocycles. The van der Waals surface area contributed by atoms with Gasteiger partial charge in [0, 0.05) is 73.3 Å². The molecule has 2 aromatic heterocycles. The Hall–Kier alpha value is -4.65. The highest BCUT2D eigenvalue weighted by molar-refractivity contribution is 6.05. The number of imidazole rings is 1. The zero-order valence-corrected chi connectivity index (χ0v) is 23.8. The molecular formula is C30H32F3N9O. The number of carbonyl (C=O) groups excluding carboxylic acids is 1. The minimum atomic E-state index is -4.60. The Morgan fingerprint density at radius 1 is 0.977 bits per heavy atom. The molecule has 10 nitrogen and oxygen atoms in total. The molecule has 0 spiro atoms. The normalized spacial score (nSPS) is 15.8. The highest BCUT2D eigenvalue weighted by Crippen LogP contribution is 2.38. The molecule has 0 atom stereocenters. The molecule has 6 rings (SSSR count).